The number of nitrogen functional groups attached to an aromatic ring is 1. The molecule has 4 N–H and O–H groups in total. The number of carbonyl (C=O) groups excluding carboxylic acids is 1. The van der Waals surface area contributed by atoms with Gasteiger partial charge in [-0.25, -0.2) is 9.97 Å². The number of hydrogen-bond acceptors (Lipinski definition) is 7. The summed E-state index contributed by atoms with van der Waals surface area (Å²) in [6, 6.07) is 7.94. The highest BCUT2D eigenvalue weighted by molar-refractivity contribution is 6.06. The van der Waals surface area contributed by atoms with E-state index >= 15 is 0 Å². The monoisotopic (exact) mass is 510 g/mol. The third kappa shape index (κ3) is 6.60. The number of nitrogens with zero attached hydrogens (tertiary/aromatic N) is 3. The van der Waals surface area contributed by atoms with Crippen molar-refractivity contribution in [2.24, 2.45) is 10.8 Å². The lowest BCUT2D eigenvalue weighted by molar-refractivity contribution is -0.158. The normalized spacial score (nSPS) is 13.0. The zero-order valence-electron chi connectivity index (χ0n) is 24.0. The first-order valence-electron chi connectivity index (χ1n) is 13.4. The van der Waals surface area contributed by atoms with Crippen LogP contribution >= 0.6 is 0 Å². The van der Waals surface area contributed by atoms with Crippen LogP contribution in [0.25, 0.3) is 21.9 Å². The van der Waals surface area contributed by atoms with E-state index in [1.807, 2.05) is 45.2 Å². The molecule has 8 nitrogen and oxygen atoms in total. The number of ether oxygens (including phenoxy) is 1. The van der Waals surface area contributed by atoms with Gasteiger partial charge in [0.1, 0.15) is 16.9 Å². The maximum Gasteiger partial charge on any atom is 0.306 e. The van der Waals surface area contributed by atoms with E-state index in [1.54, 1.807) is 0 Å². The molecule has 0 amide bonds. The van der Waals surface area contributed by atoms with Crippen molar-refractivity contribution < 1.29 is 9.53 Å². The van der Waals surface area contributed by atoms with E-state index in [4.69, 9.17) is 15.5 Å². The fourth-order valence-electron chi connectivity index (χ4n) is 4.75. The van der Waals surface area contributed by atoms with Crippen molar-refractivity contribution in [3.8, 4) is 0 Å². The maximum absolute atomic E-state index is 13.1. The van der Waals surface area contributed by atoms with Crippen molar-refractivity contribution in [2.75, 3.05) is 25.9 Å². The van der Waals surface area contributed by atoms with Crippen LogP contribution in [0.4, 0.5) is 5.82 Å². The molecule has 0 fully saturated rings. The molecule has 204 valence electrons. The minimum atomic E-state index is -0.739. The highest BCUT2D eigenvalue weighted by Crippen LogP contribution is 2.44. The average Bonchev–Trinajstić information content (AvgIpc) is 3.18. The number of nitrogens with two attached hydrogens (primary N) is 1. The molecule has 0 aliphatic carbocycles. The fourth-order valence-corrected chi connectivity index (χ4v) is 4.75. The first-order valence-corrected chi connectivity index (χ1v) is 13.4. The summed E-state index contributed by atoms with van der Waals surface area (Å²) in [4.78, 5) is 22.5. The largest absolute Gasteiger partial charge is 0.458 e. The van der Waals surface area contributed by atoms with E-state index in [1.165, 1.54) is 0 Å². The summed E-state index contributed by atoms with van der Waals surface area (Å²) in [5.74, 6) is 1.08. The van der Waals surface area contributed by atoms with Gasteiger partial charge in [-0.2, -0.15) is 0 Å². The molecule has 0 aliphatic rings. The quantitative estimate of drug-likeness (QED) is 0.277. The van der Waals surface area contributed by atoms with Crippen LogP contribution in [0, 0.1) is 10.8 Å². The lowest BCUT2D eigenvalue weighted by Gasteiger charge is -2.42. The zero-order valence-corrected chi connectivity index (χ0v) is 24.0. The summed E-state index contributed by atoms with van der Waals surface area (Å²) in [6.45, 7) is 17.8. The number of pyridine rings is 1. The predicted octanol–water partition coefficient (Wildman–Crippen LogP) is 5.04. The molecule has 0 atom stereocenters. The van der Waals surface area contributed by atoms with E-state index in [-0.39, 0.29) is 16.8 Å². The van der Waals surface area contributed by atoms with Crippen molar-refractivity contribution in [2.45, 2.75) is 86.4 Å². The molecule has 0 radical (unpaired) electrons. The Morgan fingerprint density at radius 1 is 1.05 bits per heavy atom. The lowest BCUT2D eigenvalue weighted by atomic mass is 9.64. The molecule has 8 heteroatoms. The van der Waals surface area contributed by atoms with E-state index < -0.39 is 5.60 Å². The van der Waals surface area contributed by atoms with Gasteiger partial charge in [-0.1, -0.05) is 52.8 Å². The number of benzene rings is 1. The van der Waals surface area contributed by atoms with Gasteiger partial charge in [0.25, 0.3) is 0 Å². The molecule has 1 aromatic carbocycles. The van der Waals surface area contributed by atoms with Crippen LogP contribution in [-0.2, 0) is 22.6 Å². The summed E-state index contributed by atoms with van der Waals surface area (Å²) in [7, 11) is 1.98. The summed E-state index contributed by atoms with van der Waals surface area (Å²) in [6.07, 6.45) is 2.20. The van der Waals surface area contributed by atoms with E-state index in [0.29, 0.717) is 30.8 Å². The van der Waals surface area contributed by atoms with Crippen LogP contribution in [-0.4, -0.2) is 46.2 Å². The Balaban J connectivity index is 1.84. The molecule has 2 heterocycles. The molecule has 0 unspecified atom stereocenters. The molecule has 2 aromatic heterocycles. The van der Waals surface area contributed by atoms with E-state index in [2.05, 4.69) is 54.8 Å². The molecule has 0 saturated heterocycles. The maximum atomic E-state index is 13.1. The minimum Gasteiger partial charge on any atom is -0.458 e. The van der Waals surface area contributed by atoms with Crippen LogP contribution in [0.2, 0.25) is 0 Å². The van der Waals surface area contributed by atoms with Gasteiger partial charge in [0.15, 0.2) is 5.82 Å². The Morgan fingerprint density at radius 3 is 2.41 bits per heavy atom. The lowest BCUT2D eigenvalue weighted by Crippen LogP contribution is -2.37. The molecule has 3 rings (SSSR count). The number of imidazole rings is 1. The van der Waals surface area contributed by atoms with Crippen LogP contribution < -0.4 is 16.4 Å². The van der Waals surface area contributed by atoms with Crippen LogP contribution in [0.3, 0.4) is 0 Å². The number of nitrogens with one attached hydrogen (secondary N) is 2. The number of carbonyl (C=O) groups is 1. The van der Waals surface area contributed by atoms with Crippen molar-refractivity contribution in [3.05, 3.63) is 30.1 Å². The predicted molar refractivity (Wildman–Crippen MR) is 152 cm³/mol. The van der Waals surface area contributed by atoms with E-state index in [9.17, 15) is 4.79 Å². The minimum absolute atomic E-state index is 0.00397. The van der Waals surface area contributed by atoms with Crippen LogP contribution in [0.15, 0.2) is 24.3 Å². The molecular weight excluding hydrogens is 464 g/mol. The second-order valence-electron chi connectivity index (χ2n) is 12.0. The second kappa shape index (κ2) is 11.4. The van der Waals surface area contributed by atoms with E-state index in [0.717, 1.165) is 48.2 Å². The number of anilines is 1. The Bertz CT molecular complexity index is 1230. The third-order valence-electron chi connectivity index (χ3n) is 7.94. The number of rotatable bonds is 13. The van der Waals surface area contributed by atoms with Gasteiger partial charge in [0.05, 0.1) is 24.1 Å². The molecular formula is C29H46N6O2. The third-order valence-corrected chi connectivity index (χ3v) is 7.94. The van der Waals surface area contributed by atoms with Gasteiger partial charge in [0.2, 0.25) is 0 Å². The first-order chi connectivity index (χ1) is 17.3. The van der Waals surface area contributed by atoms with Crippen LogP contribution in [0.5, 0.6) is 0 Å². The van der Waals surface area contributed by atoms with Gasteiger partial charge in [0, 0.05) is 11.8 Å². The first kappa shape index (κ1) is 28.9. The summed E-state index contributed by atoms with van der Waals surface area (Å²) < 4.78 is 8.22. The highest BCUT2D eigenvalue weighted by atomic mass is 16.6. The van der Waals surface area contributed by atoms with Gasteiger partial charge in [-0.3, -0.25) is 4.79 Å². The zero-order chi connectivity index (χ0) is 27.4. The van der Waals surface area contributed by atoms with Crippen molar-refractivity contribution in [1.82, 2.24) is 25.2 Å². The Labute approximate surface area is 221 Å². The summed E-state index contributed by atoms with van der Waals surface area (Å²) in [5, 5.41) is 7.59. The van der Waals surface area contributed by atoms with Crippen molar-refractivity contribution in [1.29, 1.82) is 0 Å². The highest BCUT2D eigenvalue weighted by Gasteiger charge is 2.37. The van der Waals surface area contributed by atoms with Crippen molar-refractivity contribution >= 4 is 33.7 Å². The van der Waals surface area contributed by atoms with Gasteiger partial charge < -0.3 is 25.7 Å². The molecule has 37 heavy (non-hydrogen) atoms. The number of fused-ring (bicyclic) bond motifs is 3. The fraction of sp³-hybridized carbons (Fsp3) is 0.621. The standard InChI is InChI=1S/C29H46N6O2/c1-9-32-18-22-34-24-25(20-12-10-11-13-21(20)33-26(24)30)35(22)19-29(6,7)37-23(36)14-15-27(2,3)28(4,5)16-17-31-8/h10-13,31-32H,9,14-19H2,1-8H3,(H2,30,33). The Hall–Kier alpha value is -2.71. The number of esters is 1. The summed E-state index contributed by atoms with van der Waals surface area (Å²) in [5.41, 5.74) is 8.10. The van der Waals surface area contributed by atoms with Gasteiger partial charge >= 0.3 is 5.97 Å². The molecule has 0 saturated carbocycles. The molecule has 0 bridgehead atoms. The topological polar surface area (TPSA) is 107 Å². The number of para-hydroxylation sites is 1. The number of hydrogen-bond donors (Lipinski definition) is 3. The molecule has 0 aliphatic heterocycles. The smallest absolute Gasteiger partial charge is 0.306 e. The van der Waals surface area contributed by atoms with Crippen LogP contribution in [0.1, 0.15) is 73.6 Å². The number of aromatic nitrogens is 3. The second-order valence-corrected chi connectivity index (χ2v) is 12.0. The van der Waals surface area contributed by atoms with Crippen molar-refractivity contribution in [3.63, 3.8) is 0 Å². The Morgan fingerprint density at radius 2 is 1.73 bits per heavy atom. The van der Waals surface area contributed by atoms with Gasteiger partial charge in [-0.15, -0.1) is 0 Å². The summed E-state index contributed by atoms with van der Waals surface area (Å²) >= 11 is 0. The molecule has 0 spiro atoms. The Kier molecular flexibility index (Phi) is 8.85. The van der Waals surface area contributed by atoms with Gasteiger partial charge in [-0.05, 0) is 63.7 Å². The molecule has 3 aromatic rings. The SMILES string of the molecule is CCNCc1nc2c(N)nc3ccccc3c2n1CC(C)(C)OC(=O)CCC(C)(C)C(C)(C)CCNC. The average molecular weight is 511 g/mol.